The number of aliphatic hydroxyl groups is 1. The van der Waals surface area contributed by atoms with Gasteiger partial charge in [-0.05, 0) is 26.7 Å². The zero-order valence-electron chi connectivity index (χ0n) is 11.0. The quantitative estimate of drug-likeness (QED) is 0.738. The number of piperidine rings is 1. The molecule has 0 amide bonds. The van der Waals surface area contributed by atoms with E-state index in [-0.39, 0.29) is 5.95 Å². The highest BCUT2D eigenvalue weighted by molar-refractivity contribution is 5.53. The lowest BCUT2D eigenvalue weighted by atomic mass is 9.95. The van der Waals surface area contributed by atoms with E-state index in [1.165, 1.54) is 0 Å². The molecule has 0 aliphatic carbocycles. The maximum absolute atomic E-state index is 10.1. The van der Waals surface area contributed by atoms with Crippen molar-refractivity contribution in [1.82, 2.24) is 9.97 Å². The highest BCUT2D eigenvalue weighted by Gasteiger charge is 2.29. The Hall–Kier alpha value is -1.56. The van der Waals surface area contributed by atoms with Gasteiger partial charge in [-0.2, -0.15) is 9.97 Å². The molecule has 1 unspecified atom stereocenters. The van der Waals surface area contributed by atoms with Gasteiger partial charge in [0.25, 0.3) is 0 Å². The molecule has 1 aliphatic heterocycles. The van der Waals surface area contributed by atoms with Crippen LogP contribution in [-0.2, 0) is 0 Å². The number of nitrogens with one attached hydrogen (secondary N) is 1. The van der Waals surface area contributed by atoms with Crippen molar-refractivity contribution in [1.29, 1.82) is 0 Å². The van der Waals surface area contributed by atoms with Crippen molar-refractivity contribution in [3.8, 4) is 0 Å². The summed E-state index contributed by atoms with van der Waals surface area (Å²) in [5.74, 6) is 1.76. The van der Waals surface area contributed by atoms with Crippen LogP contribution in [0, 0.1) is 0 Å². The molecule has 0 aromatic carbocycles. The average molecular weight is 251 g/mol. The van der Waals surface area contributed by atoms with Crippen LogP contribution in [0.5, 0.6) is 0 Å². The lowest BCUT2D eigenvalue weighted by Crippen LogP contribution is -2.46. The standard InChI is InChI=1S/C12H21N5O/c1-3-14-9-7-10(16-11(13)15-9)17-6-4-5-12(2,18)8-17/h7,18H,3-6,8H2,1-2H3,(H3,13,14,15,16). The van der Waals surface area contributed by atoms with Crippen LogP contribution < -0.4 is 16.0 Å². The van der Waals surface area contributed by atoms with Gasteiger partial charge >= 0.3 is 0 Å². The van der Waals surface area contributed by atoms with Crippen LogP contribution in [0.4, 0.5) is 17.6 Å². The Morgan fingerprint density at radius 1 is 1.56 bits per heavy atom. The number of hydrogen-bond acceptors (Lipinski definition) is 6. The summed E-state index contributed by atoms with van der Waals surface area (Å²) in [4.78, 5) is 10.4. The monoisotopic (exact) mass is 251 g/mol. The van der Waals surface area contributed by atoms with Gasteiger partial charge in [-0.15, -0.1) is 0 Å². The van der Waals surface area contributed by atoms with Gasteiger partial charge in [0, 0.05) is 25.7 Å². The first-order valence-corrected chi connectivity index (χ1v) is 6.36. The highest BCUT2D eigenvalue weighted by atomic mass is 16.3. The summed E-state index contributed by atoms with van der Waals surface area (Å²) in [5, 5.41) is 13.2. The number of hydrogen-bond donors (Lipinski definition) is 3. The van der Waals surface area contributed by atoms with Gasteiger partial charge in [-0.1, -0.05) is 0 Å². The van der Waals surface area contributed by atoms with Crippen LogP contribution in [0.2, 0.25) is 0 Å². The molecule has 2 rings (SSSR count). The molecule has 6 heteroatoms. The molecule has 0 spiro atoms. The second kappa shape index (κ2) is 4.97. The summed E-state index contributed by atoms with van der Waals surface area (Å²) in [5.41, 5.74) is 5.06. The van der Waals surface area contributed by atoms with Crippen LogP contribution in [-0.4, -0.2) is 40.3 Å². The molecular formula is C12H21N5O. The molecule has 1 saturated heterocycles. The summed E-state index contributed by atoms with van der Waals surface area (Å²) in [6, 6.07) is 1.88. The van der Waals surface area contributed by atoms with E-state index >= 15 is 0 Å². The third kappa shape index (κ3) is 3.01. The van der Waals surface area contributed by atoms with E-state index in [1.807, 2.05) is 19.9 Å². The molecular weight excluding hydrogens is 230 g/mol. The molecule has 1 aromatic rings. The van der Waals surface area contributed by atoms with Crippen molar-refractivity contribution in [2.75, 3.05) is 35.6 Å². The maximum atomic E-state index is 10.1. The number of nitrogens with zero attached hydrogens (tertiary/aromatic N) is 3. The molecule has 2 heterocycles. The van der Waals surface area contributed by atoms with Crippen molar-refractivity contribution in [2.45, 2.75) is 32.3 Å². The average Bonchev–Trinajstić information content (AvgIpc) is 2.27. The maximum Gasteiger partial charge on any atom is 0.223 e. The molecule has 18 heavy (non-hydrogen) atoms. The molecule has 1 atom stereocenters. The number of nitrogen functional groups attached to an aromatic ring is 1. The van der Waals surface area contributed by atoms with Crippen molar-refractivity contribution in [2.24, 2.45) is 0 Å². The summed E-state index contributed by atoms with van der Waals surface area (Å²) in [6.45, 7) is 6.11. The van der Waals surface area contributed by atoms with E-state index in [0.29, 0.717) is 6.54 Å². The Balaban J connectivity index is 2.21. The minimum Gasteiger partial charge on any atom is -0.388 e. The molecule has 0 radical (unpaired) electrons. The Morgan fingerprint density at radius 2 is 2.33 bits per heavy atom. The Labute approximate surface area is 107 Å². The first-order chi connectivity index (χ1) is 8.50. The fourth-order valence-corrected chi connectivity index (χ4v) is 2.30. The molecule has 0 bridgehead atoms. The molecule has 0 saturated carbocycles. The second-order valence-corrected chi connectivity index (χ2v) is 5.02. The minimum absolute atomic E-state index is 0.258. The molecule has 1 aliphatic rings. The topological polar surface area (TPSA) is 87.3 Å². The van der Waals surface area contributed by atoms with Gasteiger partial charge in [0.05, 0.1) is 5.60 Å². The van der Waals surface area contributed by atoms with Crippen molar-refractivity contribution in [3.05, 3.63) is 6.07 Å². The van der Waals surface area contributed by atoms with Gasteiger partial charge in [0.1, 0.15) is 11.6 Å². The van der Waals surface area contributed by atoms with E-state index in [0.717, 1.165) is 37.6 Å². The summed E-state index contributed by atoms with van der Waals surface area (Å²) >= 11 is 0. The zero-order valence-corrected chi connectivity index (χ0v) is 11.0. The Bertz CT molecular complexity index is 421. The van der Waals surface area contributed by atoms with Crippen molar-refractivity contribution in [3.63, 3.8) is 0 Å². The Kier molecular flexibility index (Phi) is 3.56. The lowest BCUT2D eigenvalue weighted by Gasteiger charge is -2.37. The summed E-state index contributed by atoms with van der Waals surface area (Å²) in [7, 11) is 0. The molecule has 1 aromatic heterocycles. The lowest BCUT2D eigenvalue weighted by molar-refractivity contribution is 0.0447. The zero-order chi connectivity index (χ0) is 13.2. The van der Waals surface area contributed by atoms with E-state index in [4.69, 9.17) is 5.73 Å². The molecule has 100 valence electrons. The molecule has 4 N–H and O–H groups in total. The van der Waals surface area contributed by atoms with Crippen molar-refractivity contribution >= 4 is 17.6 Å². The highest BCUT2D eigenvalue weighted by Crippen LogP contribution is 2.25. The SMILES string of the molecule is CCNc1cc(N2CCCC(C)(O)C2)nc(N)n1. The van der Waals surface area contributed by atoms with E-state index in [9.17, 15) is 5.11 Å². The predicted molar refractivity (Wildman–Crippen MR) is 72.7 cm³/mol. The minimum atomic E-state index is -0.656. The fourth-order valence-electron chi connectivity index (χ4n) is 2.30. The van der Waals surface area contributed by atoms with Crippen LogP contribution >= 0.6 is 0 Å². The fraction of sp³-hybridized carbons (Fsp3) is 0.667. The van der Waals surface area contributed by atoms with Gasteiger partial charge in [0.2, 0.25) is 5.95 Å². The van der Waals surface area contributed by atoms with Crippen LogP contribution in [0.1, 0.15) is 26.7 Å². The number of rotatable bonds is 3. The normalized spacial score (nSPS) is 24.1. The van der Waals surface area contributed by atoms with Crippen LogP contribution in [0.3, 0.4) is 0 Å². The second-order valence-electron chi connectivity index (χ2n) is 5.02. The predicted octanol–water partition coefficient (Wildman–Crippen LogP) is 0.842. The van der Waals surface area contributed by atoms with Crippen LogP contribution in [0.25, 0.3) is 0 Å². The van der Waals surface area contributed by atoms with Gasteiger partial charge in [-0.25, -0.2) is 0 Å². The van der Waals surface area contributed by atoms with Crippen molar-refractivity contribution < 1.29 is 5.11 Å². The number of aromatic nitrogens is 2. The van der Waals surface area contributed by atoms with E-state index in [2.05, 4.69) is 20.2 Å². The third-order valence-corrected chi connectivity index (χ3v) is 3.09. The number of β-amino-alcohol motifs (C(OH)–C–C–N with tert-alkyl or cyclic N) is 1. The Morgan fingerprint density at radius 3 is 3.00 bits per heavy atom. The summed E-state index contributed by atoms with van der Waals surface area (Å²) in [6.07, 6.45) is 1.78. The molecule has 1 fully saturated rings. The van der Waals surface area contributed by atoms with Gasteiger partial charge in [0.15, 0.2) is 0 Å². The van der Waals surface area contributed by atoms with Crippen LogP contribution in [0.15, 0.2) is 6.07 Å². The van der Waals surface area contributed by atoms with E-state index in [1.54, 1.807) is 0 Å². The first-order valence-electron chi connectivity index (χ1n) is 6.36. The molecule has 6 nitrogen and oxygen atoms in total. The van der Waals surface area contributed by atoms with Gasteiger partial charge < -0.3 is 21.1 Å². The number of anilines is 3. The van der Waals surface area contributed by atoms with E-state index < -0.39 is 5.60 Å². The largest absolute Gasteiger partial charge is 0.388 e. The van der Waals surface area contributed by atoms with Gasteiger partial charge in [-0.3, -0.25) is 0 Å². The first kappa shape index (κ1) is 12.9. The summed E-state index contributed by atoms with van der Waals surface area (Å²) < 4.78 is 0. The smallest absolute Gasteiger partial charge is 0.223 e. The number of nitrogens with two attached hydrogens (primary N) is 1. The third-order valence-electron chi connectivity index (χ3n) is 3.09.